The molecule has 1 aliphatic carbocycles. The third kappa shape index (κ3) is 4.30. The number of ketones is 1. The number of Topliss-reactive ketones (excluding diaryl/α,β-unsaturated/α-hetero) is 1. The summed E-state index contributed by atoms with van der Waals surface area (Å²) in [6.07, 6.45) is 4.42. The van der Waals surface area contributed by atoms with Crippen molar-refractivity contribution in [2.45, 2.75) is 85.1 Å². The first-order chi connectivity index (χ1) is 16.0. The zero-order chi connectivity index (χ0) is 24.8. The molecule has 0 radical (unpaired) electrons. The van der Waals surface area contributed by atoms with Gasteiger partial charge in [0.05, 0.1) is 18.8 Å². The third-order valence-corrected chi connectivity index (χ3v) is 7.26. The van der Waals surface area contributed by atoms with Crippen LogP contribution in [0, 0.1) is 19.3 Å². The van der Waals surface area contributed by atoms with Gasteiger partial charge in [-0.25, -0.2) is 4.98 Å². The predicted molar refractivity (Wildman–Crippen MR) is 134 cm³/mol. The maximum absolute atomic E-state index is 13.5. The second kappa shape index (κ2) is 9.05. The van der Waals surface area contributed by atoms with Gasteiger partial charge in [-0.3, -0.25) is 10.2 Å². The predicted octanol–water partition coefficient (Wildman–Crippen LogP) is 5.78. The second-order valence-electron chi connectivity index (χ2n) is 10.7. The molecule has 2 aromatic rings. The van der Waals surface area contributed by atoms with Gasteiger partial charge in [0.15, 0.2) is 5.78 Å². The Kier molecular flexibility index (Phi) is 6.45. The van der Waals surface area contributed by atoms with Crippen molar-refractivity contribution in [2.24, 2.45) is 0 Å². The number of benzene rings is 1. The first kappa shape index (κ1) is 24.2. The molecule has 1 saturated carbocycles. The summed E-state index contributed by atoms with van der Waals surface area (Å²) in [4.78, 5) is 19.9. The number of aromatic hydroxyl groups is 1. The Morgan fingerprint density at radius 2 is 1.91 bits per heavy atom. The van der Waals surface area contributed by atoms with Crippen LogP contribution in [0.15, 0.2) is 12.1 Å². The molecule has 0 amide bonds. The van der Waals surface area contributed by atoms with E-state index >= 15 is 0 Å². The zero-order valence-electron chi connectivity index (χ0n) is 21.3. The molecule has 2 heterocycles. The average molecular weight is 464 g/mol. The number of pyridine rings is 1. The van der Waals surface area contributed by atoms with Crippen LogP contribution in [0.25, 0.3) is 0 Å². The first-order valence-electron chi connectivity index (χ1n) is 12.4. The molecule has 182 valence electrons. The molecule has 1 fully saturated rings. The number of carbonyl (C=O) groups is 1. The van der Waals surface area contributed by atoms with E-state index in [0.29, 0.717) is 36.1 Å². The number of phenols is 1. The van der Waals surface area contributed by atoms with E-state index in [2.05, 4.69) is 25.8 Å². The smallest absolute Gasteiger partial charge is 0.182 e. The minimum atomic E-state index is -0.279. The van der Waals surface area contributed by atoms with Gasteiger partial charge in [-0.2, -0.15) is 0 Å². The Labute approximate surface area is 202 Å². The first-order valence-corrected chi connectivity index (χ1v) is 12.4. The van der Waals surface area contributed by atoms with Gasteiger partial charge < -0.3 is 14.7 Å². The molecule has 0 bridgehead atoms. The fraction of sp³-hybridized carbons (Fsp3) is 0.536. The van der Waals surface area contributed by atoms with Crippen molar-refractivity contribution < 1.29 is 14.6 Å². The SMILES string of the molecule is CCOc1c(C)nc2c(c1C)CN(CC(=O)c1cc(C3CCCC3)c(O)c(C(C)(C)C)c1)C2=N. The highest BCUT2D eigenvalue weighted by Crippen LogP contribution is 2.43. The fourth-order valence-corrected chi connectivity index (χ4v) is 5.38. The number of hydrogen-bond acceptors (Lipinski definition) is 5. The molecule has 6 heteroatoms. The summed E-state index contributed by atoms with van der Waals surface area (Å²) < 4.78 is 5.79. The highest BCUT2D eigenvalue weighted by atomic mass is 16.5. The number of ether oxygens (including phenoxy) is 1. The summed E-state index contributed by atoms with van der Waals surface area (Å²) in [6, 6.07) is 3.75. The largest absolute Gasteiger partial charge is 0.507 e. The van der Waals surface area contributed by atoms with Gasteiger partial charge in [-0.05, 0) is 62.6 Å². The van der Waals surface area contributed by atoms with Crippen molar-refractivity contribution in [3.05, 3.63) is 51.3 Å². The van der Waals surface area contributed by atoms with Gasteiger partial charge in [0.1, 0.15) is 23.0 Å². The molecule has 2 N–H and O–H groups in total. The number of carbonyl (C=O) groups excluding carboxylic acids is 1. The second-order valence-corrected chi connectivity index (χ2v) is 10.7. The number of nitrogens with zero attached hydrogens (tertiary/aromatic N) is 2. The molecule has 0 spiro atoms. The quantitative estimate of drug-likeness (QED) is 0.530. The van der Waals surface area contributed by atoms with Crippen molar-refractivity contribution in [3.63, 3.8) is 0 Å². The summed E-state index contributed by atoms with van der Waals surface area (Å²) in [5.41, 5.74) is 5.41. The van der Waals surface area contributed by atoms with E-state index < -0.39 is 0 Å². The minimum Gasteiger partial charge on any atom is -0.507 e. The standard InChI is InChI=1S/C28H37N3O3/c1-7-34-26-16(2)21-14-31(27(29)24(21)30-17(26)3)15-23(32)19-12-20(18-10-8-9-11-18)25(33)22(13-19)28(4,5)6/h12-13,18,29,33H,7-11,14-15H2,1-6H3. The Bertz CT molecular complexity index is 1140. The number of aromatic nitrogens is 1. The molecule has 34 heavy (non-hydrogen) atoms. The van der Waals surface area contributed by atoms with E-state index in [1.165, 1.54) is 0 Å². The van der Waals surface area contributed by atoms with Crippen molar-refractivity contribution in [3.8, 4) is 11.5 Å². The number of fused-ring (bicyclic) bond motifs is 1. The Morgan fingerprint density at radius 1 is 1.24 bits per heavy atom. The van der Waals surface area contributed by atoms with Crippen molar-refractivity contribution in [1.82, 2.24) is 9.88 Å². The molecular formula is C28H37N3O3. The lowest BCUT2D eigenvalue weighted by Gasteiger charge is -2.25. The van der Waals surface area contributed by atoms with Crippen molar-refractivity contribution in [2.75, 3.05) is 13.2 Å². The Balaban J connectivity index is 1.64. The number of nitrogens with one attached hydrogen (secondary N) is 1. The molecule has 1 aliphatic heterocycles. The van der Waals surface area contributed by atoms with E-state index in [0.717, 1.165) is 59.4 Å². The van der Waals surface area contributed by atoms with E-state index in [4.69, 9.17) is 10.1 Å². The van der Waals surface area contributed by atoms with Crippen LogP contribution in [0.3, 0.4) is 0 Å². The maximum atomic E-state index is 13.5. The zero-order valence-corrected chi connectivity index (χ0v) is 21.3. The molecule has 0 saturated heterocycles. The van der Waals surface area contributed by atoms with Crippen LogP contribution in [-0.2, 0) is 12.0 Å². The van der Waals surface area contributed by atoms with E-state index in [-0.39, 0.29) is 23.6 Å². The van der Waals surface area contributed by atoms with Crippen LogP contribution < -0.4 is 4.74 Å². The average Bonchev–Trinajstić information content (AvgIpc) is 3.40. The molecule has 2 aliphatic rings. The summed E-state index contributed by atoms with van der Waals surface area (Å²) in [6.45, 7) is 13.2. The number of hydrogen-bond donors (Lipinski definition) is 2. The monoisotopic (exact) mass is 463 g/mol. The van der Waals surface area contributed by atoms with Gasteiger partial charge >= 0.3 is 0 Å². The van der Waals surface area contributed by atoms with Crippen LogP contribution in [0.2, 0.25) is 0 Å². The van der Waals surface area contributed by atoms with Gasteiger partial charge in [0.25, 0.3) is 0 Å². The number of phenolic OH excluding ortho intramolecular Hbond substituents is 1. The topological polar surface area (TPSA) is 86.5 Å². The lowest BCUT2D eigenvalue weighted by Crippen LogP contribution is -2.30. The summed E-state index contributed by atoms with van der Waals surface area (Å²) in [5, 5.41) is 19.8. The lowest BCUT2D eigenvalue weighted by molar-refractivity contribution is 0.0962. The summed E-state index contributed by atoms with van der Waals surface area (Å²) >= 11 is 0. The highest BCUT2D eigenvalue weighted by molar-refractivity contribution is 6.04. The fourth-order valence-electron chi connectivity index (χ4n) is 5.38. The number of aryl methyl sites for hydroxylation is 1. The van der Waals surface area contributed by atoms with E-state index in [9.17, 15) is 9.90 Å². The summed E-state index contributed by atoms with van der Waals surface area (Å²) in [5.74, 6) is 1.66. The normalized spacial score (nSPS) is 16.3. The summed E-state index contributed by atoms with van der Waals surface area (Å²) in [7, 11) is 0. The third-order valence-electron chi connectivity index (χ3n) is 7.26. The van der Waals surface area contributed by atoms with Crippen LogP contribution in [0.5, 0.6) is 11.5 Å². The van der Waals surface area contributed by atoms with Crippen LogP contribution >= 0.6 is 0 Å². The maximum Gasteiger partial charge on any atom is 0.182 e. The molecule has 1 aromatic heterocycles. The van der Waals surface area contributed by atoms with Gasteiger partial charge in [-0.15, -0.1) is 0 Å². The number of rotatable bonds is 6. The molecule has 1 aromatic carbocycles. The van der Waals surface area contributed by atoms with Crippen LogP contribution in [0.4, 0.5) is 0 Å². The van der Waals surface area contributed by atoms with Crippen molar-refractivity contribution >= 4 is 11.6 Å². The highest BCUT2D eigenvalue weighted by Gasteiger charge is 2.32. The van der Waals surface area contributed by atoms with E-state index in [1.54, 1.807) is 4.90 Å². The molecule has 0 unspecified atom stereocenters. The van der Waals surface area contributed by atoms with Gasteiger partial charge in [-0.1, -0.05) is 33.6 Å². The van der Waals surface area contributed by atoms with Gasteiger partial charge in [0, 0.05) is 28.8 Å². The Morgan fingerprint density at radius 3 is 2.53 bits per heavy atom. The molecular weight excluding hydrogens is 426 g/mol. The van der Waals surface area contributed by atoms with Crippen LogP contribution in [-0.4, -0.2) is 39.8 Å². The van der Waals surface area contributed by atoms with E-state index in [1.807, 2.05) is 32.9 Å². The number of amidine groups is 1. The molecule has 4 rings (SSSR count). The van der Waals surface area contributed by atoms with Crippen molar-refractivity contribution in [1.29, 1.82) is 5.41 Å². The lowest BCUT2D eigenvalue weighted by atomic mass is 9.81. The molecule has 6 nitrogen and oxygen atoms in total. The minimum absolute atomic E-state index is 0.0401. The Hall–Kier alpha value is -2.89. The van der Waals surface area contributed by atoms with Crippen LogP contribution in [0.1, 0.15) is 103 Å². The molecule has 0 atom stereocenters. The van der Waals surface area contributed by atoms with Gasteiger partial charge in [0.2, 0.25) is 0 Å².